The third-order valence-electron chi connectivity index (χ3n) is 4.25. The highest BCUT2D eigenvalue weighted by Gasteiger charge is 2.31. The van der Waals surface area contributed by atoms with Crippen LogP contribution in [0.2, 0.25) is 0 Å². The van der Waals surface area contributed by atoms with Gasteiger partial charge in [0.25, 0.3) is 0 Å². The highest BCUT2D eigenvalue weighted by molar-refractivity contribution is 7.99. The molecule has 0 spiro atoms. The van der Waals surface area contributed by atoms with Gasteiger partial charge >= 0.3 is 0 Å². The molecule has 128 valence electrons. The van der Waals surface area contributed by atoms with E-state index in [0.29, 0.717) is 22.2 Å². The number of Topliss-reactive ketones (excluding diaryl/α,β-unsaturated/α-hetero) is 1. The van der Waals surface area contributed by atoms with E-state index < -0.39 is 0 Å². The molecule has 1 aromatic carbocycles. The summed E-state index contributed by atoms with van der Waals surface area (Å²) in [5.74, 6) is 0.540. The van der Waals surface area contributed by atoms with E-state index in [1.54, 1.807) is 28.8 Å². The second-order valence-corrected chi connectivity index (χ2v) is 7.05. The molecule has 1 aliphatic rings. The second-order valence-electron chi connectivity index (χ2n) is 6.10. The van der Waals surface area contributed by atoms with Crippen LogP contribution in [-0.4, -0.2) is 30.9 Å². The van der Waals surface area contributed by atoms with Gasteiger partial charge in [0.05, 0.1) is 17.0 Å². The maximum atomic E-state index is 14.1. The molecule has 1 aliphatic carbocycles. The first-order valence-electron chi connectivity index (χ1n) is 8.12. The minimum absolute atomic E-state index is 0.0373. The van der Waals surface area contributed by atoms with E-state index in [-0.39, 0.29) is 23.4 Å². The van der Waals surface area contributed by atoms with Crippen LogP contribution in [0.15, 0.2) is 47.8 Å². The normalized spacial score (nSPS) is 14.0. The van der Waals surface area contributed by atoms with E-state index in [2.05, 4.69) is 10.2 Å². The fourth-order valence-electron chi connectivity index (χ4n) is 2.82. The standard InChI is InChI=1S/C18H17FN4OS/c1-22-10-4-7-15(22)16(24)11-25-18-21-20-17(23(18)12-8-9-12)13-5-2-3-6-14(13)19/h2-7,10,12H,8-9,11H2,1H3. The Morgan fingerprint density at radius 3 is 2.72 bits per heavy atom. The van der Waals surface area contributed by atoms with Gasteiger partial charge in [-0.05, 0) is 37.1 Å². The number of ketones is 1. The van der Waals surface area contributed by atoms with Crippen molar-refractivity contribution in [3.05, 3.63) is 54.1 Å². The molecule has 0 radical (unpaired) electrons. The van der Waals surface area contributed by atoms with Gasteiger partial charge in [-0.1, -0.05) is 23.9 Å². The second kappa shape index (κ2) is 6.48. The van der Waals surface area contributed by atoms with Crippen LogP contribution in [0.3, 0.4) is 0 Å². The SMILES string of the molecule is Cn1cccc1C(=O)CSc1nnc(-c2ccccc2F)n1C1CC1. The van der Waals surface area contributed by atoms with Crippen LogP contribution < -0.4 is 0 Å². The fourth-order valence-corrected chi connectivity index (χ4v) is 3.70. The van der Waals surface area contributed by atoms with Crippen molar-refractivity contribution in [1.82, 2.24) is 19.3 Å². The van der Waals surface area contributed by atoms with E-state index in [0.717, 1.165) is 12.8 Å². The van der Waals surface area contributed by atoms with Crippen LogP contribution in [0.25, 0.3) is 11.4 Å². The number of benzene rings is 1. The Bertz CT molecular complexity index is 929. The number of aryl methyl sites for hydroxylation is 1. The molecule has 0 bridgehead atoms. The van der Waals surface area contributed by atoms with Crippen molar-refractivity contribution in [3.8, 4) is 11.4 Å². The molecule has 2 heterocycles. The van der Waals surface area contributed by atoms with E-state index in [9.17, 15) is 9.18 Å². The molecule has 25 heavy (non-hydrogen) atoms. The fraction of sp³-hybridized carbons (Fsp3) is 0.278. The van der Waals surface area contributed by atoms with Gasteiger partial charge < -0.3 is 4.57 Å². The molecule has 0 saturated heterocycles. The Morgan fingerprint density at radius 2 is 2.04 bits per heavy atom. The van der Waals surface area contributed by atoms with Crippen molar-refractivity contribution in [2.75, 3.05) is 5.75 Å². The van der Waals surface area contributed by atoms with Crippen LogP contribution in [-0.2, 0) is 7.05 Å². The molecule has 0 atom stereocenters. The maximum Gasteiger partial charge on any atom is 0.192 e. The third-order valence-corrected chi connectivity index (χ3v) is 5.20. The summed E-state index contributed by atoms with van der Waals surface area (Å²) in [7, 11) is 1.85. The monoisotopic (exact) mass is 356 g/mol. The van der Waals surface area contributed by atoms with Crippen LogP contribution in [0.5, 0.6) is 0 Å². The van der Waals surface area contributed by atoms with Crippen LogP contribution in [0, 0.1) is 5.82 Å². The molecular formula is C18H17FN4OS. The number of hydrogen-bond acceptors (Lipinski definition) is 4. The summed E-state index contributed by atoms with van der Waals surface area (Å²) in [5, 5.41) is 9.09. The van der Waals surface area contributed by atoms with E-state index in [1.165, 1.54) is 17.8 Å². The van der Waals surface area contributed by atoms with Crippen molar-refractivity contribution < 1.29 is 9.18 Å². The number of nitrogens with zero attached hydrogens (tertiary/aromatic N) is 4. The first-order chi connectivity index (χ1) is 12.1. The molecule has 7 heteroatoms. The minimum atomic E-state index is -0.312. The van der Waals surface area contributed by atoms with Gasteiger partial charge in [0.1, 0.15) is 5.82 Å². The largest absolute Gasteiger partial charge is 0.348 e. The topological polar surface area (TPSA) is 52.7 Å². The van der Waals surface area contributed by atoms with Crippen LogP contribution in [0.4, 0.5) is 4.39 Å². The van der Waals surface area contributed by atoms with Gasteiger partial charge in [-0.15, -0.1) is 10.2 Å². The van der Waals surface area contributed by atoms with Gasteiger partial charge in [-0.2, -0.15) is 0 Å². The average Bonchev–Trinajstić information content (AvgIpc) is 3.21. The average molecular weight is 356 g/mol. The van der Waals surface area contributed by atoms with Crippen molar-refractivity contribution in [2.24, 2.45) is 7.05 Å². The molecule has 1 fully saturated rings. The summed E-state index contributed by atoms with van der Waals surface area (Å²) in [6.07, 6.45) is 3.90. The number of carbonyl (C=O) groups excluding carboxylic acids is 1. The van der Waals surface area contributed by atoms with Gasteiger partial charge in [0.15, 0.2) is 16.8 Å². The Balaban J connectivity index is 1.60. The number of aromatic nitrogens is 4. The molecule has 0 aliphatic heterocycles. The van der Waals surface area contributed by atoms with Crippen molar-refractivity contribution >= 4 is 17.5 Å². The lowest BCUT2D eigenvalue weighted by Gasteiger charge is -2.09. The number of thioether (sulfide) groups is 1. The Morgan fingerprint density at radius 1 is 1.24 bits per heavy atom. The van der Waals surface area contributed by atoms with Gasteiger partial charge in [0.2, 0.25) is 0 Å². The minimum Gasteiger partial charge on any atom is -0.348 e. The number of halogens is 1. The van der Waals surface area contributed by atoms with Crippen molar-refractivity contribution in [1.29, 1.82) is 0 Å². The number of hydrogen-bond donors (Lipinski definition) is 0. The van der Waals surface area contributed by atoms with Crippen LogP contribution in [0.1, 0.15) is 29.4 Å². The van der Waals surface area contributed by atoms with Crippen molar-refractivity contribution in [2.45, 2.75) is 24.0 Å². The first-order valence-corrected chi connectivity index (χ1v) is 9.11. The summed E-state index contributed by atoms with van der Waals surface area (Å²) in [4.78, 5) is 12.4. The molecule has 4 rings (SSSR count). The highest BCUT2D eigenvalue weighted by Crippen LogP contribution is 2.41. The summed E-state index contributed by atoms with van der Waals surface area (Å²) in [5.41, 5.74) is 1.11. The molecular weight excluding hydrogens is 339 g/mol. The summed E-state index contributed by atoms with van der Waals surface area (Å²) in [6.45, 7) is 0. The zero-order valence-corrected chi connectivity index (χ0v) is 14.5. The van der Waals surface area contributed by atoms with Gasteiger partial charge in [-0.3, -0.25) is 9.36 Å². The van der Waals surface area contributed by atoms with Crippen LogP contribution >= 0.6 is 11.8 Å². The van der Waals surface area contributed by atoms with E-state index in [1.807, 2.05) is 23.9 Å². The molecule has 0 unspecified atom stereocenters. The number of rotatable bonds is 6. The zero-order valence-electron chi connectivity index (χ0n) is 13.7. The molecule has 1 saturated carbocycles. The van der Waals surface area contributed by atoms with Gasteiger partial charge in [-0.25, -0.2) is 4.39 Å². The lowest BCUT2D eigenvalue weighted by atomic mass is 10.2. The van der Waals surface area contributed by atoms with E-state index >= 15 is 0 Å². The Labute approximate surface area is 148 Å². The summed E-state index contributed by atoms with van der Waals surface area (Å²) >= 11 is 1.36. The van der Waals surface area contributed by atoms with E-state index in [4.69, 9.17) is 0 Å². The zero-order chi connectivity index (χ0) is 17.4. The first kappa shape index (κ1) is 16.1. The predicted octanol–water partition coefficient (Wildman–Crippen LogP) is 3.73. The quantitative estimate of drug-likeness (QED) is 0.499. The summed E-state index contributed by atoms with van der Waals surface area (Å²) in [6, 6.07) is 10.5. The third kappa shape index (κ3) is 3.11. The Kier molecular flexibility index (Phi) is 4.17. The molecule has 0 amide bonds. The maximum absolute atomic E-state index is 14.1. The lowest BCUT2D eigenvalue weighted by Crippen LogP contribution is -2.09. The molecule has 5 nitrogen and oxygen atoms in total. The van der Waals surface area contributed by atoms with Gasteiger partial charge in [0, 0.05) is 19.3 Å². The smallest absolute Gasteiger partial charge is 0.192 e. The molecule has 3 aromatic rings. The lowest BCUT2D eigenvalue weighted by molar-refractivity contribution is 0.101. The molecule has 2 aromatic heterocycles. The summed E-state index contributed by atoms with van der Waals surface area (Å²) < 4.78 is 17.9. The highest BCUT2D eigenvalue weighted by atomic mass is 32.2. The predicted molar refractivity (Wildman–Crippen MR) is 94.2 cm³/mol. The number of carbonyl (C=O) groups is 1. The van der Waals surface area contributed by atoms with Crippen molar-refractivity contribution in [3.63, 3.8) is 0 Å². The molecule has 0 N–H and O–H groups in total. The Hall–Kier alpha value is -2.41.